The van der Waals surface area contributed by atoms with Crippen LogP contribution in [0.5, 0.6) is 0 Å². The van der Waals surface area contributed by atoms with Gasteiger partial charge in [-0.3, -0.25) is 0 Å². The van der Waals surface area contributed by atoms with Gasteiger partial charge in [-0.1, -0.05) is 20.3 Å². The second-order valence-electron chi connectivity index (χ2n) is 4.91. The standard InChI is InChI=1S/C15H29N3OS/c1-5-8-13-14(12-16-9-6-2)20-15(17-13)18(4)10-11-19-7-3/h16H,5-12H2,1-4H3. The van der Waals surface area contributed by atoms with E-state index in [4.69, 9.17) is 9.72 Å². The Balaban J connectivity index is 2.63. The molecule has 0 aliphatic carbocycles. The Morgan fingerprint density at radius 2 is 2.05 bits per heavy atom. The van der Waals surface area contributed by atoms with E-state index >= 15 is 0 Å². The highest BCUT2D eigenvalue weighted by Crippen LogP contribution is 2.26. The summed E-state index contributed by atoms with van der Waals surface area (Å²) in [5.41, 5.74) is 1.26. The number of nitrogens with zero attached hydrogens (tertiary/aromatic N) is 2. The van der Waals surface area contributed by atoms with E-state index in [0.29, 0.717) is 0 Å². The first-order chi connectivity index (χ1) is 9.72. The highest BCUT2D eigenvalue weighted by molar-refractivity contribution is 7.15. The molecule has 0 aliphatic heterocycles. The van der Waals surface area contributed by atoms with Crippen molar-refractivity contribution in [1.82, 2.24) is 10.3 Å². The molecule has 0 fully saturated rings. The van der Waals surface area contributed by atoms with E-state index in [1.165, 1.54) is 17.0 Å². The molecule has 1 aromatic heterocycles. The Kier molecular flexibility index (Phi) is 8.82. The van der Waals surface area contributed by atoms with Gasteiger partial charge in [0.05, 0.1) is 12.3 Å². The number of rotatable bonds is 11. The van der Waals surface area contributed by atoms with E-state index in [0.717, 1.165) is 50.8 Å². The number of hydrogen-bond acceptors (Lipinski definition) is 5. The quantitative estimate of drug-likeness (QED) is 0.637. The molecule has 0 aromatic carbocycles. The molecule has 1 aromatic rings. The Morgan fingerprint density at radius 3 is 2.70 bits per heavy atom. The lowest BCUT2D eigenvalue weighted by Crippen LogP contribution is -2.22. The molecule has 0 aliphatic rings. The van der Waals surface area contributed by atoms with Gasteiger partial charge in [0.2, 0.25) is 0 Å². The summed E-state index contributed by atoms with van der Waals surface area (Å²) in [5, 5.41) is 4.59. The number of hydrogen-bond donors (Lipinski definition) is 1. The third kappa shape index (κ3) is 5.77. The summed E-state index contributed by atoms with van der Waals surface area (Å²) >= 11 is 1.81. The molecule has 0 atom stereocenters. The van der Waals surface area contributed by atoms with Crippen molar-refractivity contribution < 1.29 is 4.74 Å². The smallest absolute Gasteiger partial charge is 0.185 e. The fourth-order valence-electron chi connectivity index (χ4n) is 1.92. The number of aryl methyl sites for hydroxylation is 1. The van der Waals surface area contributed by atoms with E-state index in [9.17, 15) is 0 Å². The minimum Gasteiger partial charge on any atom is -0.380 e. The Morgan fingerprint density at radius 1 is 1.25 bits per heavy atom. The minimum atomic E-state index is 0.763. The number of nitrogens with one attached hydrogen (secondary N) is 1. The molecule has 0 radical (unpaired) electrons. The van der Waals surface area contributed by atoms with Crippen molar-refractivity contribution in [2.45, 2.75) is 46.6 Å². The molecule has 1 heterocycles. The predicted octanol–water partition coefficient (Wildman–Crippen LogP) is 3.07. The lowest BCUT2D eigenvalue weighted by molar-refractivity contribution is 0.154. The second kappa shape index (κ2) is 10.1. The fourth-order valence-corrected chi connectivity index (χ4v) is 2.99. The van der Waals surface area contributed by atoms with Crippen molar-refractivity contribution in [2.24, 2.45) is 0 Å². The van der Waals surface area contributed by atoms with Crippen molar-refractivity contribution in [1.29, 1.82) is 0 Å². The molecule has 0 amide bonds. The van der Waals surface area contributed by atoms with Gasteiger partial charge in [0.25, 0.3) is 0 Å². The Bertz CT molecular complexity index is 368. The first kappa shape index (κ1) is 17.4. The molecule has 0 bridgehead atoms. The molecule has 5 heteroatoms. The molecule has 0 unspecified atom stereocenters. The summed E-state index contributed by atoms with van der Waals surface area (Å²) in [4.78, 5) is 8.39. The van der Waals surface area contributed by atoms with Crippen LogP contribution in [0.2, 0.25) is 0 Å². The lowest BCUT2D eigenvalue weighted by Gasteiger charge is -2.15. The van der Waals surface area contributed by atoms with Crippen molar-refractivity contribution in [3.05, 3.63) is 10.6 Å². The zero-order chi connectivity index (χ0) is 14.8. The monoisotopic (exact) mass is 299 g/mol. The molecule has 116 valence electrons. The zero-order valence-electron chi connectivity index (χ0n) is 13.4. The largest absolute Gasteiger partial charge is 0.380 e. The van der Waals surface area contributed by atoms with Gasteiger partial charge in [0.15, 0.2) is 5.13 Å². The summed E-state index contributed by atoms with van der Waals surface area (Å²) in [7, 11) is 2.09. The van der Waals surface area contributed by atoms with Gasteiger partial charge in [-0.15, -0.1) is 11.3 Å². The van der Waals surface area contributed by atoms with Crippen molar-refractivity contribution in [3.8, 4) is 0 Å². The van der Waals surface area contributed by atoms with Crippen LogP contribution in [0, 0.1) is 0 Å². The minimum absolute atomic E-state index is 0.763. The molecule has 1 N–H and O–H groups in total. The predicted molar refractivity (Wildman–Crippen MR) is 87.9 cm³/mol. The van der Waals surface area contributed by atoms with Gasteiger partial charge in [-0.2, -0.15) is 0 Å². The van der Waals surface area contributed by atoms with Crippen LogP contribution in [-0.4, -0.2) is 38.3 Å². The number of aromatic nitrogens is 1. The van der Waals surface area contributed by atoms with Crippen LogP contribution in [0.4, 0.5) is 5.13 Å². The van der Waals surface area contributed by atoms with Crippen LogP contribution in [-0.2, 0) is 17.7 Å². The molecular weight excluding hydrogens is 270 g/mol. The van der Waals surface area contributed by atoms with Crippen LogP contribution < -0.4 is 10.2 Å². The number of thiazole rings is 1. The van der Waals surface area contributed by atoms with Crippen molar-refractivity contribution in [3.63, 3.8) is 0 Å². The number of ether oxygens (including phenoxy) is 1. The van der Waals surface area contributed by atoms with E-state index in [-0.39, 0.29) is 0 Å². The van der Waals surface area contributed by atoms with Crippen molar-refractivity contribution >= 4 is 16.5 Å². The molecule has 0 saturated heterocycles. The maximum absolute atomic E-state index is 5.41. The SMILES string of the molecule is CCCNCc1sc(N(C)CCOCC)nc1CCC. The van der Waals surface area contributed by atoms with Crippen LogP contribution in [0.3, 0.4) is 0 Å². The van der Waals surface area contributed by atoms with Gasteiger partial charge in [-0.25, -0.2) is 4.98 Å². The molecule has 20 heavy (non-hydrogen) atoms. The third-order valence-corrected chi connectivity index (χ3v) is 4.28. The summed E-state index contributed by atoms with van der Waals surface area (Å²) in [6.07, 6.45) is 3.38. The van der Waals surface area contributed by atoms with Crippen LogP contribution in [0.25, 0.3) is 0 Å². The highest BCUT2D eigenvalue weighted by atomic mass is 32.1. The van der Waals surface area contributed by atoms with E-state index in [1.54, 1.807) is 0 Å². The Hall–Kier alpha value is -0.650. The maximum atomic E-state index is 5.41. The fraction of sp³-hybridized carbons (Fsp3) is 0.800. The first-order valence-electron chi connectivity index (χ1n) is 7.71. The topological polar surface area (TPSA) is 37.4 Å². The first-order valence-corrected chi connectivity index (χ1v) is 8.52. The third-order valence-electron chi connectivity index (χ3n) is 3.07. The van der Waals surface area contributed by atoms with E-state index in [2.05, 4.69) is 31.1 Å². The van der Waals surface area contributed by atoms with Crippen LogP contribution in [0.1, 0.15) is 44.2 Å². The number of likely N-dealkylation sites (N-methyl/N-ethyl adjacent to an activating group) is 1. The van der Waals surface area contributed by atoms with Gasteiger partial charge in [0.1, 0.15) is 0 Å². The lowest BCUT2D eigenvalue weighted by atomic mass is 10.2. The number of anilines is 1. The Labute approximate surface area is 127 Å². The maximum Gasteiger partial charge on any atom is 0.185 e. The molecule has 0 saturated carbocycles. The van der Waals surface area contributed by atoms with Gasteiger partial charge >= 0.3 is 0 Å². The summed E-state index contributed by atoms with van der Waals surface area (Å²) in [6.45, 7) is 10.9. The van der Waals surface area contributed by atoms with Gasteiger partial charge in [0, 0.05) is 31.6 Å². The average Bonchev–Trinajstić information content (AvgIpc) is 2.83. The average molecular weight is 299 g/mol. The summed E-state index contributed by atoms with van der Waals surface area (Å²) in [5.74, 6) is 0. The molecule has 1 rings (SSSR count). The van der Waals surface area contributed by atoms with Crippen molar-refractivity contribution in [2.75, 3.05) is 38.3 Å². The molecule has 4 nitrogen and oxygen atoms in total. The molecule has 0 spiro atoms. The van der Waals surface area contributed by atoms with Gasteiger partial charge in [-0.05, 0) is 26.3 Å². The van der Waals surface area contributed by atoms with E-state index < -0.39 is 0 Å². The van der Waals surface area contributed by atoms with Gasteiger partial charge < -0.3 is 15.0 Å². The summed E-state index contributed by atoms with van der Waals surface area (Å²) < 4.78 is 5.41. The summed E-state index contributed by atoms with van der Waals surface area (Å²) in [6, 6.07) is 0. The second-order valence-corrected chi connectivity index (χ2v) is 5.97. The molecular formula is C15H29N3OS. The normalized spacial score (nSPS) is 11.0. The van der Waals surface area contributed by atoms with Crippen LogP contribution >= 0.6 is 11.3 Å². The van der Waals surface area contributed by atoms with E-state index in [1.807, 2.05) is 18.3 Å². The highest BCUT2D eigenvalue weighted by Gasteiger charge is 2.13. The zero-order valence-corrected chi connectivity index (χ0v) is 14.2. The van der Waals surface area contributed by atoms with Crippen LogP contribution in [0.15, 0.2) is 0 Å².